The van der Waals surface area contributed by atoms with E-state index >= 15 is 0 Å². The van der Waals surface area contributed by atoms with Gasteiger partial charge in [-0.2, -0.15) is 0 Å². The molecule has 1 aromatic heterocycles. The van der Waals surface area contributed by atoms with E-state index in [0.29, 0.717) is 29.2 Å². The molecule has 7 nitrogen and oxygen atoms in total. The molecule has 2 aromatic rings. The van der Waals surface area contributed by atoms with Crippen molar-refractivity contribution in [2.24, 2.45) is 11.5 Å². The minimum atomic E-state index is -0.755. The summed E-state index contributed by atoms with van der Waals surface area (Å²) in [6, 6.07) is 2.62. The second-order valence-electron chi connectivity index (χ2n) is 5.15. The van der Waals surface area contributed by atoms with E-state index in [1.54, 1.807) is 12.1 Å². The van der Waals surface area contributed by atoms with Gasteiger partial charge in [-0.1, -0.05) is 0 Å². The predicted molar refractivity (Wildman–Crippen MR) is 87.1 cm³/mol. The van der Waals surface area contributed by atoms with Crippen molar-refractivity contribution in [1.82, 2.24) is 0 Å². The molecule has 0 bridgehead atoms. The van der Waals surface area contributed by atoms with Crippen LogP contribution in [-0.4, -0.2) is 24.2 Å². The normalized spacial score (nSPS) is 12.2. The molecule has 3 amide bonds. The van der Waals surface area contributed by atoms with Crippen molar-refractivity contribution < 1.29 is 19.4 Å². The van der Waals surface area contributed by atoms with Gasteiger partial charge in [0.25, 0.3) is 5.91 Å². The molecule has 1 aromatic carbocycles. The molecule has 1 heterocycles. The number of ether oxygens (including phenoxy) is 1. The number of nitrogens with one attached hydrogen (secondary N) is 1. The zero-order chi connectivity index (χ0) is 16.7. The summed E-state index contributed by atoms with van der Waals surface area (Å²) in [7, 11) is 1.47. The highest BCUT2D eigenvalue weighted by Crippen LogP contribution is 2.47. The number of carbonyl (C=O) groups excluding carboxylic acids is 2. The number of phenols is 1. The third kappa shape index (κ3) is 2.46. The maximum atomic E-state index is 11.8. The first-order valence-corrected chi connectivity index (χ1v) is 7.66. The number of rotatable bonds is 3. The van der Waals surface area contributed by atoms with Gasteiger partial charge in [0, 0.05) is 4.88 Å². The lowest BCUT2D eigenvalue weighted by Gasteiger charge is -2.18. The summed E-state index contributed by atoms with van der Waals surface area (Å²) in [6.07, 6.45) is 1.23. The topological polar surface area (TPSA) is 128 Å². The minimum Gasteiger partial charge on any atom is -0.504 e. The van der Waals surface area contributed by atoms with Crippen LogP contribution in [0.15, 0.2) is 12.1 Å². The first kappa shape index (κ1) is 15.2. The van der Waals surface area contributed by atoms with Crippen LogP contribution in [0.3, 0.4) is 0 Å². The number of amides is 3. The molecule has 0 spiro atoms. The lowest BCUT2D eigenvalue weighted by Crippen LogP contribution is -2.22. The van der Waals surface area contributed by atoms with Crippen molar-refractivity contribution in [1.29, 1.82) is 0 Å². The summed E-state index contributed by atoms with van der Waals surface area (Å²) < 4.78 is 5.15. The molecule has 0 radical (unpaired) electrons. The number of urea groups is 1. The van der Waals surface area contributed by atoms with Gasteiger partial charge in [-0.05, 0) is 41.7 Å². The average molecular weight is 333 g/mol. The van der Waals surface area contributed by atoms with Crippen LogP contribution in [0.2, 0.25) is 0 Å². The SMILES string of the molecule is COc1cc2c(cc1O)CCc1c-2sc(NC(N)=O)c1C(N)=O. The van der Waals surface area contributed by atoms with Crippen molar-refractivity contribution in [3.8, 4) is 21.9 Å². The van der Waals surface area contributed by atoms with Gasteiger partial charge in [0.1, 0.15) is 5.00 Å². The Morgan fingerprint density at radius 3 is 2.65 bits per heavy atom. The predicted octanol–water partition coefficient (Wildman–Crippen LogP) is 1.82. The average Bonchev–Trinajstić information content (AvgIpc) is 2.83. The molecule has 0 aliphatic heterocycles. The highest BCUT2D eigenvalue weighted by Gasteiger charge is 2.28. The number of aromatic hydroxyl groups is 1. The number of benzene rings is 1. The van der Waals surface area contributed by atoms with Crippen LogP contribution in [0.5, 0.6) is 11.5 Å². The Labute approximate surface area is 135 Å². The molecule has 0 fully saturated rings. The van der Waals surface area contributed by atoms with E-state index in [1.165, 1.54) is 18.4 Å². The Morgan fingerprint density at radius 1 is 1.30 bits per heavy atom. The highest BCUT2D eigenvalue weighted by molar-refractivity contribution is 7.20. The first-order valence-electron chi connectivity index (χ1n) is 6.84. The highest BCUT2D eigenvalue weighted by atomic mass is 32.1. The fourth-order valence-corrected chi connectivity index (χ4v) is 4.14. The molecular formula is C15H15N3O4S. The fraction of sp³-hybridized carbons (Fsp3) is 0.200. The van der Waals surface area contributed by atoms with Gasteiger partial charge in [0.05, 0.1) is 12.7 Å². The molecule has 0 saturated heterocycles. The quantitative estimate of drug-likeness (QED) is 0.683. The largest absolute Gasteiger partial charge is 0.504 e. The van der Waals surface area contributed by atoms with E-state index in [-0.39, 0.29) is 5.75 Å². The molecule has 23 heavy (non-hydrogen) atoms. The number of hydrogen-bond donors (Lipinski definition) is 4. The number of primary amides is 2. The summed E-state index contributed by atoms with van der Waals surface area (Å²) in [4.78, 5) is 23.8. The molecule has 0 atom stereocenters. The van der Waals surface area contributed by atoms with E-state index in [4.69, 9.17) is 16.2 Å². The summed E-state index contributed by atoms with van der Waals surface area (Å²) in [6.45, 7) is 0. The Balaban J connectivity index is 2.22. The van der Waals surface area contributed by atoms with Crippen molar-refractivity contribution >= 4 is 28.3 Å². The van der Waals surface area contributed by atoms with Crippen LogP contribution in [0.4, 0.5) is 9.80 Å². The summed E-state index contributed by atoms with van der Waals surface area (Å²) in [5, 5.41) is 12.7. The third-order valence-corrected chi connectivity index (χ3v) is 4.96. The van der Waals surface area contributed by atoms with E-state index in [9.17, 15) is 14.7 Å². The van der Waals surface area contributed by atoms with Gasteiger partial charge < -0.3 is 21.3 Å². The fourth-order valence-electron chi connectivity index (χ4n) is 2.83. The van der Waals surface area contributed by atoms with Gasteiger partial charge >= 0.3 is 6.03 Å². The summed E-state index contributed by atoms with van der Waals surface area (Å²) in [5.74, 6) is -0.202. The van der Waals surface area contributed by atoms with Gasteiger partial charge in [-0.15, -0.1) is 11.3 Å². The van der Waals surface area contributed by atoms with E-state index in [0.717, 1.165) is 21.6 Å². The van der Waals surface area contributed by atoms with Gasteiger partial charge in [0.2, 0.25) is 0 Å². The summed E-state index contributed by atoms with van der Waals surface area (Å²) >= 11 is 1.24. The molecular weight excluding hydrogens is 318 g/mol. The second kappa shape index (κ2) is 5.47. The number of nitrogens with two attached hydrogens (primary N) is 2. The molecule has 0 saturated carbocycles. The zero-order valence-electron chi connectivity index (χ0n) is 12.3. The molecule has 8 heteroatoms. The van der Waals surface area contributed by atoms with Crippen molar-refractivity contribution in [2.75, 3.05) is 12.4 Å². The van der Waals surface area contributed by atoms with Crippen LogP contribution in [0.25, 0.3) is 10.4 Å². The van der Waals surface area contributed by atoms with Crippen LogP contribution < -0.4 is 21.5 Å². The number of anilines is 1. The Morgan fingerprint density at radius 2 is 2.04 bits per heavy atom. The number of thiophene rings is 1. The smallest absolute Gasteiger partial charge is 0.317 e. The van der Waals surface area contributed by atoms with Crippen molar-refractivity contribution in [3.05, 3.63) is 28.8 Å². The van der Waals surface area contributed by atoms with Gasteiger partial charge in [-0.3, -0.25) is 10.1 Å². The standard InChI is InChI=1S/C15H15N3O4S/c1-22-10-5-8-6(4-9(10)19)2-3-7-11(13(16)20)14(18-15(17)21)23-12(7)8/h4-5,19H,2-3H2,1H3,(H2,16,20)(H3,17,18,21). The number of fused-ring (bicyclic) bond motifs is 3. The number of hydrogen-bond acceptors (Lipinski definition) is 5. The molecule has 1 aliphatic rings. The number of methoxy groups -OCH3 is 1. The number of carbonyl (C=O) groups is 2. The first-order chi connectivity index (χ1) is 10.9. The van der Waals surface area contributed by atoms with Crippen LogP contribution in [-0.2, 0) is 12.8 Å². The molecule has 120 valence electrons. The second-order valence-corrected chi connectivity index (χ2v) is 6.17. The maximum absolute atomic E-state index is 11.8. The van der Waals surface area contributed by atoms with E-state index < -0.39 is 11.9 Å². The molecule has 3 rings (SSSR count). The minimum absolute atomic E-state index is 0.0665. The van der Waals surface area contributed by atoms with Crippen LogP contribution in [0.1, 0.15) is 21.5 Å². The van der Waals surface area contributed by atoms with Gasteiger partial charge in [0.15, 0.2) is 11.5 Å². The Kier molecular flexibility index (Phi) is 3.61. The van der Waals surface area contributed by atoms with E-state index in [1.807, 2.05) is 0 Å². The molecule has 6 N–H and O–H groups in total. The lowest BCUT2D eigenvalue weighted by molar-refractivity contribution is 0.100. The molecule has 1 aliphatic carbocycles. The zero-order valence-corrected chi connectivity index (χ0v) is 13.1. The van der Waals surface area contributed by atoms with Crippen molar-refractivity contribution in [2.45, 2.75) is 12.8 Å². The van der Waals surface area contributed by atoms with Crippen molar-refractivity contribution in [3.63, 3.8) is 0 Å². The number of phenolic OH excluding ortho intramolecular Hbond substituents is 1. The maximum Gasteiger partial charge on any atom is 0.317 e. The summed E-state index contributed by atoms with van der Waals surface area (Å²) in [5.41, 5.74) is 13.5. The number of aryl methyl sites for hydroxylation is 1. The van der Waals surface area contributed by atoms with Gasteiger partial charge in [-0.25, -0.2) is 4.79 Å². The molecule has 0 unspecified atom stereocenters. The third-order valence-electron chi connectivity index (χ3n) is 3.78. The Hall–Kier alpha value is -2.74. The van der Waals surface area contributed by atoms with Crippen LogP contribution >= 0.6 is 11.3 Å². The lowest BCUT2D eigenvalue weighted by atomic mass is 9.88. The monoisotopic (exact) mass is 333 g/mol. The van der Waals surface area contributed by atoms with Crippen LogP contribution in [0, 0.1) is 0 Å². The Bertz CT molecular complexity index is 829. The van der Waals surface area contributed by atoms with E-state index in [2.05, 4.69) is 5.32 Å².